The lowest BCUT2D eigenvalue weighted by Gasteiger charge is -2.38. The van der Waals surface area contributed by atoms with Gasteiger partial charge >= 0.3 is 0 Å². The number of likely N-dealkylation sites (tertiary alicyclic amines) is 1. The molecule has 0 bridgehead atoms. The molecule has 4 heteroatoms. The van der Waals surface area contributed by atoms with E-state index in [4.69, 9.17) is 17.3 Å². The number of nitrogens with two attached hydrogens (primary N) is 1. The largest absolute Gasteiger partial charge is 0.329 e. The molecule has 0 radical (unpaired) electrons. The van der Waals surface area contributed by atoms with Crippen molar-refractivity contribution in [2.45, 2.75) is 32.4 Å². The Hall–Kier alpha value is -1.16. The number of benzene rings is 1. The second-order valence-corrected chi connectivity index (χ2v) is 6.50. The number of aromatic nitrogens is 1. The van der Waals surface area contributed by atoms with Crippen LogP contribution in [0.3, 0.4) is 0 Å². The molecular weight excluding hydrogens is 282 g/mol. The fourth-order valence-corrected chi connectivity index (χ4v) is 3.51. The van der Waals surface area contributed by atoms with Crippen LogP contribution < -0.4 is 5.73 Å². The SMILES string of the molecule is CC1CCN(Cc2ccc(Cl)c3cccnc23)C(CN)C1. The fourth-order valence-electron chi connectivity index (χ4n) is 3.30. The van der Waals surface area contributed by atoms with Gasteiger partial charge < -0.3 is 5.73 Å². The second-order valence-electron chi connectivity index (χ2n) is 6.10. The summed E-state index contributed by atoms with van der Waals surface area (Å²) in [5.74, 6) is 0.773. The average molecular weight is 304 g/mol. The Balaban J connectivity index is 1.89. The van der Waals surface area contributed by atoms with Crippen LogP contribution in [0.5, 0.6) is 0 Å². The predicted octanol–water partition coefficient (Wildman–Crippen LogP) is 3.45. The summed E-state index contributed by atoms with van der Waals surface area (Å²) in [6.45, 7) is 5.06. The maximum absolute atomic E-state index is 6.27. The van der Waals surface area contributed by atoms with Gasteiger partial charge in [-0.05, 0) is 49.1 Å². The molecule has 1 aromatic heterocycles. The van der Waals surface area contributed by atoms with E-state index in [-0.39, 0.29) is 0 Å². The molecule has 2 aromatic rings. The van der Waals surface area contributed by atoms with E-state index in [1.54, 1.807) is 0 Å². The first-order chi connectivity index (χ1) is 10.2. The molecule has 3 rings (SSSR count). The number of rotatable bonds is 3. The van der Waals surface area contributed by atoms with E-state index in [1.165, 1.54) is 18.4 Å². The Morgan fingerprint density at radius 2 is 2.24 bits per heavy atom. The van der Waals surface area contributed by atoms with Crippen molar-refractivity contribution in [3.05, 3.63) is 41.0 Å². The zero-order valence-electron chi connectivity index (χ0n) is 12.4. The third-order valence-electron chi connectivity index (χ3n) is 4.55. The van der Waals surface area contributed by atoms with Crippen LogP contribution in [-0.4, -0.2) is 29.0 Å². The maximum atomic E-state index is 6.27. The molecule has 2 atom stereocenters. The molecule has 1 aromatic carbocycles. The first-order valence-electron chi connectivity index (χ1n) is 7.65. The minimum Gasteiger partial charge on any atom is -0.329 e. The van der Waals surface area contributed by atoms with Crippen molar-refractivity contribution < 1.29 is 0 Å². The minimum absolute atomic E-state index is 0.475. The molecule has 0 amide bonds. The van der Waals surface area contributed by atoms with Gasteiger partial charge in [-0.25, -0.2) is 0 Å². The van der Waals surface area contributed by atoms with Crippen molar-refractivity contribution in [1.29, 1.82) is 0 Å². The van der Waals surface area contributed by atoms with Crippen molar-refractivity contribution >= 4 is 22.5 Å². The number of hydrogen-bond acceptors (Lipinski definition) is 3. The zero-order valence-corrected chi connectivity index (χ0v) is 13.2. The number of piperidine rings is 1. The molecule has 0 spiro atoms. The van der Waals surface area contributed by atoms with Gasteiger partial charge in [0.05, 0.1) is 5.52 Å². The van der Waals surface area contributed by atoms with Gasteiger partial charge in [-0.15, -0.1) is 0 Å². The third kappa shape index (κ3) is 3.05. The van der Waals surface area contributed by atoms with Crippen LogP contribution in [0, 0.1) is 5.92 Å². The van der Waals surface area contributed by atoms with Gasteiger partial charge in [0, 0.05) is 35.7 Å². The van der Waals surface area contributed by atoms with Crippen LogP contribution in [0.15, 0.2) is 30.5 Å². The van der Waals surface area contributed by atoms with E-state index >= 15 is 0 Å². The molecule has 3 nitrogen and oxygen atoms in total. The highest BCUT2D eigenvalue weighted by molar-refractivity contribution is 6.35. The summed E-state index contributed by atoms with van der Waals surface area (Å²) < 4.78 is 0. The molecule has 1 fully saturated rings. The average Bonchev–Trinajstić information content (AvgIpc) is 2.52. The highest BCUT2D eigenvalue weighted by Crippen LogP contribution is 2.28. The first-order valence-corrected chi connectivity index (χ1v) is 8.03. The number of pyridine rings is 1. The van der Waals surface area contributed by atoms with Gasteiger partial charge in [-0.2, -0.15) is 0 Å². The number of halogens is 1. The van der Waals surface area contributed by atoms with Crippen molar-refractivity contribution in [1.82, 2.24) is 9.88 Å². The van der Waals surface area contributed by atoms with Crippen LogP contribution in [0.1, 0.15) is 25.3 Å². The number of fused-ring (bicyclic) bond motifs is 1. The Labute approximate surface area is 131 Å². The van der Waals surface area contributed by atoms with E-state index in [1.807, 2.05) is 24.4 Å². The Bertz CT molecular complexity index is 628. The van der Waals surface area contributed by atoms with E-state index in [2.05, 4.69) is 22.9 Å². The van der Waals surface area contributed by atoms with E-state index < -0.39 is 0 Å². The molecule has 1 saturated heterocycles. The normalized spacial score (nSPS) is 23.6. The molecule has 0 saturated carbocycles. The maximum Gasteiger partial charge on any atom is 0.0761 e. The summed E-state index contributed by atoms with van der Waals surface area (Å²) in [7, 11) is 0. The van der Waals surface area contributed by atoms with Gasteiger partial charge in [-0.3, -0.25) is 9.88 Å². The molecular formula is C17H22ClN3. The van der Waals surface area contributed by atoms with Gasteiger partial charge in [0.15, 0.2) is 0 Å². The minimum atomic E-state index is 0.475. The van der Waals surface area contributed by atoms with Gasteiger partial charge in [0.1, 0.15) is 0 Å². The van der Waals surface area contributed by atoms with Gasteiger partial charge in [0.25, 0.3) is 0 Å². The summed E-state index contributed by atoms with van der Waals surface area (Å²) in [6.07, 6.45) is 4.27. The smallest absolute Gasteiger partial charge is 0.0761 e. The van der Waals surface area contributed by atoms with E-state index in [0.717, 1.165) is 41.5 Å². The van der Waals surface area contributed by atoms with Crippen molar-refractivity contribution in [2.75, 3.05) is 13.1 Å². The summed E-state index contributed by atoms with van der Waals surface area (Å²) in [4.78, 5) is 7.03. The van der Waals surface area contributed by atoms with Gasteiger partial charge in [-0.1, -0.05) is 24.6 Å². The molecule has 112 valence electrons. The Morgan fingerprint density at radius 1 is 1.38 bits per heavy atom. The molecule has 2 heterocycles. The number of nitrogens with zero attached hydrogens (tertiary/aromatic N) is 2. The lowest BCUT2D eigenvalue weighted by molar-refractivity contribution is 0.115. The summed E-state index contributed by atoms with van der Waals surface area (Å²) in [5, 5.41) is 1.80. The third-order valence-corrected chi connectivity index (χ3v) is 4.88. The molecule has 2 N–H and O–H groups in total. The van der Waals surface area contributed by atoms with Crippen molar-refractivity contribution in [3.63, 3.8) is 0 Å². The first kappa shape index (κ1) is 14.8. The summed E-state index contributed by atoms with van der Waals surface area (Å²) in [5.41, 5.74) is 8.22. The fraction of sp³-hybridized carbons (Fsp3) is 0.471. The van der Waals surface area contributed by atoms with Crippen molar-refractivity contribution in [3.8, 4) is 0 Å². The molecule has 0 aliphatic carbocycles. The molecule has 2 unspecified atom stereocenters. The van der Waals surface area contributed by atoms with Crippen LogP contribution >= 0.6 is 11.6 Å². The molecule has 1 aliphatic heterocycles. The summed E-state index contributed by atoms with van der Waals surface area (Å²) in [6, 6.07) is 8.52. The highest BCUT2D eigenvalue weighted by Gasteiger charge is 2.25. The Morgan fingerprint density at radius 3 is 3.05 bits per heavy atom. The number of hydrogen-bond donors (Lipinski definition) is 1. The summed E-state index contributed by atoms with van der Waals surface area (Å²) >= 11 is 6.27. The lowest BCUT2D eigenvalue weighted by atomic mass is 9.92. The Kier molecular flexibility index (Phi) is 4.43. The molecule has 1 aliphatic rings. The molecule has 21 heavy (non-hydrogen) atoms. The van der Waals surface area contributed by atoms with E-state index in [0.29, 0.717) is 6.04 Å². The second kappa shape index (κ2) is 6.30. The van der Waals surface area contributed by atoms with Crippen LogP contribution in [0.4, 0.5) is 0 Å². The highest BCUT2D eigenvalue weighted by atomic mass is 35.5. The quantitative estimate of drug-likeness (QED) is 0.944. The lowest BCUT2D eigenvalue weighted by Crippen LogP contribution is -2.45. The van der Waals surface area contributed by atoms with Crippen LogP contribution in [-0.2, 0) is 6.54 Å². The zero-order chi connectivity index (χ0) is 14.8. The topological polar surface area (TPSA) is 42.2 Å². The van der Waals surface area contributed by atoms with E-state index in [9.17, 15) is 0 Å². The monoisotopic (exact) mass is 303 g/mol. The van der Waals surface area contributed by atoms with Crippen LogP contribution in [0.25, 0.3) is 10.9 Å². The van der Waals surface area contributed by atoms with Gasteiger partial charge in [0.2, 0.25) is 0 Å². The standard InChI is InChI=1S/C17H22ClN3/c1-12-6-8-21(14(9-12)10-19)11-13-4-5-16(18)15-3-2-7-20-17(13)15/h2-5,7,12,14H,6,8-11,19H2,1H3. The van der Waals surface area contributed by atoms with Crippen LogP contribution in [0.2, 0.25) is 5.02 Å². The van der Waals surface area contributed by atoms with Crippen molar-refractivity contribution in [2.24, 2.45) is 11.7 Å². The predicted molar refractivity (Wildman–Crippen MR) is 88.4 cm³/mol.